The van der Waals surface area contributed by atoms with Crippen LogP contribution in [0.25, 0.3) is 0 Å². The molecule has 2 aliphatic rings. The van der Waals surface area contributed by atoms with Crippen molar-refractivity contribution in [2.24, 2.45) is 0 Å². The molecule has 1 fully saturated rings. The van der Waals surface area contributed by atoms with Crippen LogP contribution in [-0.2, 0) is 11.3 Å². The van der Waals surface area contributed by atoms with E-state index in [1.165, 1.54) is 5.56 Å². The highest BCUT2D eigenvalue weighted by Crippen LogP contribution is 2.32. The van der Waals surface area contributed by atoms with Crippen LogP contribution in [0.3, 0.4) is 0 Å². The molecule has 0 saturated carbocycles. The highest BCUT2D eigenvalue weighted by Gasteiger charge is 2.20. The Kier molecular flexibility index (Phi) is 6.51. The number of nitrogens with zero attached hydrogens (tertiary/aromatic N) is 2. The number of hydrogen-bond acceptors (Lipinski definition) is 6. The summed E-state index contributed by atoms with van der Waals surface area (Å²) in [6, 6.07) is 13.0. The average Bonchev–Trinajstić information content (AvgIpc) is 3.22. The molecule has 0 radical (unpaired) electrons. The van der Waals surface area contributed by atoms with Gasteiger partial charge in [-0.25, -0.2) is 0 Å². The molecule has 2 heterocycles. The third kappa shape index (κ3) is 5.29. The zero-order chi connectivity index (χ0) is 20.9. The maximum absolute atomic E-state index is 12.2. The van der Waals surface area contributed by atoms with Gasteiger partial charge in [-0.05, 0) is 42.0 Å². The van der Waals surface area contributed by atoms with E-state index in [9.17, 15) is 9.59 Å². The molecule has 8 nitrogen and oxygen atoms in total. The highest BCUT2D eigenvalue weighted by atomic mass is 79.9. The Morgan fingerprint density at radius 2 is 1.60 bits per heavy atom. The Hall–Kier alpha value is -2.62. The molecule has 158 valence electrons. The number of hydrazine groups is 1. The van der Waals surface area contributed by atoms with E-state index in [2.05, 4.69) is 42.6 Å². The smallest absolute Gasteiger partial charge is 0.269 e. The lowest BCUT2D eigenvalue weighted by molar-refractivity contribution is -0.123. The normalized spacial score (nSPS) is 16.3. The predicted octanol–water partition coefficient (Wildman–Crippen LogP) is 1.76. The fourth-order valence-corrected chi connectivity index (χ4v) is 3.71. The van der Waals surface area contributed by atoms with Gasteiger partial charge in [0.15, 0.2) is 11.5 Å². The maximum atomic E-state index is 12.2. The van der Waals surface area contributed by atoms with Gasteiger partial charge in [-0.1, -0.05) is 22.0 Å². The van der Waals surface area contributed by atoms with E-state index in [-0.39, 0.29) is 25.2 Å². The first kappa shape index (κ1) is 20.6. The Morgan fingerprint density at radius 1 is 0.900 bits per heavy atom. The van der Waals surface area contributed by atoms with E-state index < -0.39 is 0 Å². The van der Waals surface area contributed by atoms with Crippen molar-refractivity contribution in [2.45, 2.75) is 6.54 Å². The Balaban J connectivity index is 1.17. The molecule has 2 aliphatic heterocycles. The van der Waals surface area contributed by atoms with Crippen molar-refractivity contribution in [1.82, 2.24) is 20.7 Å². The van der Waals surface area contributed by atoms with Gasteiger partial charge in [0.25, 0.3) is 11.8 Å². The van der Waals surface area contributed by atoms with Crippen molar-refractivity contribution in [3.8, 4) is 11.5 Å². The van der Waals surface area contributed by atoms with E-state index in [0.717, 1.165) is 48.7 Å². The quantitative estimate of drug-likeness (QED) is 0.642. The molecule has 0 unspecified atom stereocenters. The highest BCUT2D eigenvalue weighted by molar-refractivity contribution is 9.10. The number of carbonyl (C=O) groups excluding carboxylic acids is 2. The van der Waals surface area contributed by atoms with Gasteiger partial charge in [0, 0.05) is 42.8 Å². The van der Waals surface area contributed by atoms with Gasteiger partial charge in [-0.15, -0.1) is 0 Å². The summed E-state index contributed by atoms with van der Waals surface area (Å²) in [7, 11) is 0. The molecule has 2 amide bonds. The molecule has 0 aromatic heterocycles. The average molecular weight is 475 g/mol. The minimum Gasteiger partial charge on any atom is -0.454 e. The zero-order valence-electron chi connectivity index (χ0n) is 16.4. The lowest BCUT2D eigenvalue weighted by Gasteiger charge is -2.34. The number of rotatable bonds is 5. The molecule has 2 aromatic carbocycles. The standard InChI is InChI=1S/C21H23BrN4O4/c22-17-4-2-16(3-5-17)21(28)24-23-20(27)13-26-9-7-25(8-10-26)12-15-1-6-18-19(11-15)30-14-29-18/h1-6,11H,7-10,12-14H2,(H,23,27)(H,24,28). The van der Waals surface area contributed by atoms with E-state index >= 15 is 0 Å². The number of hydrogen-bond donors (Lipinski definition) is 2. The van der Waals surface area contributed by atoms with Crippen LogP contribution in [-0.4, -0.2) is 61.1 Å². The number of halogens is 1. The SMILES string of the molecule is O=C(CN1CCN(Cc2ccc3c(c2)OCO3)CC1)NNC(=O)c1ccc(Br)cc1. The van der Waals surface area contributed by atoms with Crippen molar-refractivity contribution in [1.29, 1.82) is 0 Å². The van der Waals surface area contributed by atoms with E-state index in [1.807, 2.05) is 12.1 Å². The predicted molar refractivity (Wildman–Crippen MR) is 114 cm³/mol. The van der Waals surface area contributed by atoms with E-state index in [0.29, 0.717) is 5.56 Å². The third-order valence-corrected chi connectivity index (χ3v) is 5.63. The van der Waals surface area contributed by atoms with Crippen LogP contribution >= 0.6 is 15.9 Å². The van der Waals surface area contributed by atoms with Crippen LogP contribution in [0.15, 0.2) is 46.9 Å². The summed E-state index contributed by atoms with van der Waals surface area (Å²) in [4.78, 5) is 28.7. The summed E-state index contributed by atoms with van der Waals surface area (Å²) < 4.78 is 11.7. The molecular formula is C21H23BrN4O4. The fourth-order valence-electron chi connectivity index (χ4n) is 3.45. The molecule has 0 atom stereocenters. The Bertz CT molecular complexity index is 914. The van der Waals surface area contributed by atoms with Gasteiger partial charge >= 0.3 is 0 Å². The van der Waals surface area contributed by atoms with Crippen molar-refractivity contribution in [3.05, 3.63) is 58.1 Å². The lowest BCUT2D eigenvalue weighted by Crippen LogP contribution is -2.51. The van der Waals surface area contributed by atoms with E-state index in [4.69, 9.17) is 9.47 Å². The summed E-state index contributed by atoms with van der Waals surface area (Å²) in [6.07, 6.45) is 0. The molecule has 4 rings (SSSR count). The Morgan fingerprint density at radius 3 is 2.37 bits per heavy atom. The molecule has 2 N–H and O–H groups in total. The topological polar surface area (TPSA) is 83.1 Å². The van der Waals surface area contributed by atoms with Crippen LogP contribution in [0.1, 0.15) is 15.9 Å². The second-order valence-corrected chi connectivity index (χ2v) is 8.16. The van der Waals surface area contributed by atoms with Crippen LogP contribution in [0.5, 0.6) is 11.5 Å². The van der Waals surface area contributed by atoms with Gasteiger partial charge in [0.1, 0.15) is 0 Å². The zero-order valence-corrected chi connectivity index (χ0v) is 18.0. The summed E-state index contributed by atoms with van der Waals surface area (Å²) in [5.41, 5.74) is 6.61. The van der Waals surface area contributed by atoms with Gasteiger partial charge < -0.3 is 9.47 Å². The first-order valence-electron chi connectivity index (χ1n) is 9.75. The summed E-state index contributed by atoms with van der Waals surface area (Å²) >= 11 is 3.33. The van der Waals surface area contributed by atoms with E-state index in [1.54, 1.807) is 24.3 Å². The summed E-state index contributed by atoms with van der Waals surface area (Å²) in [5.74, 6) is 1.02. The number of benzene rings is 2. The number of piperazine rings is 1. The molecule has 2 aromatic rings. The first-order valence-corrected chi connectivity index (χ1v) is 10.5. The minimum atomic E-state index is -0.343. The first-order chi connectivity index (χ1) is 14.6. The number of amides is 2. The molecular weight excluding hydrogens is 452 g/mol. The van der Waals surface area contributed by atoms with Crippen molar-refractivity contribution in [2.75, 3.05) is 39.5 Å². The lowest BCUT2D eigenvalue weighted by atomic mass is 10.1. The Labute approximate surface area is 183 Å². The third-order valence-electron chi connectivity index (χ3n) is 5.10. The monoisotopic (exact) mass is 474 g/mol. The molecule has 0 spiro atoms. The molecule has 0 aliphatic carbocycles. The molecule has 30 heavy (non-hydrogen) atoms. The minimum absolute atomic E-state index is 0.232. The maximum Gasteiger partial charge on any atom is 0.269 e. The molecule has 1 saturated heterocycles. The van der Waals surface area contributed by atoms with Crippen LogP contribution in [0, 0.1) is 0 Å². The van der Waals surface area contributed by atoms with Gasteiger partial charge in [0.2, 0.25) is 6.79 Å². The summed E-state index contributed by atoms with van der Waals surface area (Å²) in [6.45, 7) is 4.68. The number of carbonyl (C=O) groups is 2. The molecule has 9 heteroatoms. The van der Waals surface area contributed by atoms with Gasteiger partial charge in [-0.2, -0.15) is 0 Å². The molecule has 0 bridgehead atoms. The van der Waals surface area contributed by atoms with Crippen molar-refractivity contribution in [3.63, 3.8) is 0 Å². The van der Waals surface area contributed by atoms with Gasteiger partial charge in [-0.3, -0.25) is 30.2 Å². The fraction of sp³-hybridized carbons (Fsp3) is 0.333. The second-order valence-electron chi connectivity index (χ2n) is 7.25. The van der Waals surface area contributed by atoms with Gasteiger partial charge in [0.05, 0.1) is 6.54 Å². The van der Waals surface area contributed by atoms with Crippen LogP contribution in [0.4, 0.5) is 0 Å². The van der Waals surface area contributed by atoms with Crippen molar-refractivity contribution >= 4 is 27.7 Å². The van der Waals surface area contributed by atoms with Crippen molar-refractivity contribution < 1.29 is 19.1 Å². The number of ether oxygens (including phenoxy) is 2. The number of fused-ring (bicyclic) bond motifs is 1. The second kappa shape index (κ2) is 9.46. The largest absolute Gasteiger partial charge is 0.454 e. The van der Waals surface area contributed by atoms with Crippen LogP contribution < -0.4 is 20.3 Å². The van der Waals surface area contributed by atoms with Crippen LogP contribution in [0.2, 0.25) is 0 Å². The summed E-state index contributed by atoms with van der Waals surface area (Å²) in [5, 5.41) is 0. The number of nitrogens with one attached hydrogen (secondary N) is 2.